The average molecular weight is 408 g/mol. The number of nitrogens with zero attached hydrogens (tertiary/aromatic N) is 2. The SMILES string of the molecule is CC(C)(C)C(=O)NC1CCN(c2ncc(Br)cc2C(F)(F)F)CC1. The number of hydrogen-bond donors (Lipinski definition) is 1. The summed E-state index contributed by atoms with van der Waals surface area (Å²) in [5.74, 6) is -0.0926. The molecule has 2 rings (SSSR count). The number of anilines is 1. The van der Waals surface area contributed by atoms with Crippen molar-refractivity contribution in [3.8, 4) is 0 Å². The van der Waals surface area contributed by atoms with Crippen molar-refractivity contribution in [3.05, 3.63) is 22.3 Å². The highest BCUT2D eigenvalue weighted by atomic mass is 79.9. The van der Waals surface area contributed by atoms with Gasteiger partial charge >= 0.3 is 6.18 Å². The van der Waals surface area contributed by atoms with Crippen molar-refractivity contribution in [2.45, 2.75) is 45.8 Å². The predicted octanol–water partition coefficient (Wildman–Crippen LogP) is 3.99. The minimum atomic E-state index is -4.45. The highest BCUT2D eigenvalue weighted by molar-refractivity contribution is 9.10. The van der Waals surface area contributed by atoms with E-state index in [4.69, 9.17) is 0 Å². The van der Waals surface area contributed by atoms with E-state index in [1.807, 2.05) is 20.8 Å². The fraction of sp³-hybridized carbons (Fsp3) is 0.625. The van der Waals surface area contributed by atoms with Crippen LogP contribution < -0.4 is 10.2 Å². The van der Waals surface area contributed by atoms with Crippen LogP contribution in [0.4, 0.5) is 19.0 Å². The summed E-state index contributed by atoms with van der Waals surface area (Å²) in [6.45, 7) is 6.34. The molecule has 24 heavy (non-hydrogen) atoms. The quantitative estimate of drug-likeness (QED) is 0.805. The molecule has 1 N–H and O–H groups in total. The molecule has 1 saturated heterocycles. The van der Waals surface area contributed by atoms with E-state index in [0.29, 0.717) is 30.4 Å². The summed E-state index contributed by atoms with van der Waals surface area (Å²) >= 11 is 3.04. The Hall–Kier alpha value is -1.31. The van der Waals surface area contributed by atoms with Gasteiger partial charge in [-0.25, -0.2) is 4.98 Å². The second-order valence-corrected chi connectivity index (χ2v) is 7.92. The van der Waals surface area contributed by atoms with Gasteiger partial charge < -0.3 is 10.2 Å². The number of carbonyl (C=O) groups excluding carboxylic acids is 1. The molecule has 134 valence electrons. The van der Waals surface area contributed by atoms with Gasteiger partial charge in [-0.1, -0.05) is 20.8 Å². The second-order valence-electron chi connectivity index (χ2n) is 7.01. The zero-order valence-corrected chi connectivity index (χ0v) is 15.5. The van der Waals surface area contributed by atoms with Crippen LogP contribution in [0.1, 0.15) is 39.2 Å². The first kappa shape index (κ1) is 19.0. The third-order valence-corrected chi connectivity index (χ3v) is 4.38. The highest BCUT2D eigenvalue weighted by Gasteiger charge is 2.37. The Balaban J connectivity index is 2.07. The Labute approximate surface area is 147 Å². The van der Waals surface area contributed by atoms with Crippen LogP contribution in [0, 0.1) is 5.41 Å². The summed E-state index contributed by atoms with van der Waals surface area (Å²) in [5.41, 5.74) is -1.22. The number of halogens is 4. The summed E-state index contributed by atoms with van der Waals surface area (Å²) in [6.07, 6.45) is -1.89. The number of aromatic nitrogens is 1. The molecule has 0 aliphatic carbocycles. The summed E-state index contributed by atoms with van der Waals surface area (Å²) in [7, 11) is 0. The van der Waals surface area contributed by atoms with E-state index in [1.165, 1.54) is 6.20 Å². The summed E-state index contributed by atoms with van der Waals surface area (Å²) in [5, 5.41) is 2.97. The lowest BCUT2D eigenvalue weighted by molar-refractivity contribution is -0.137. The molecule has 0 bridgehead atoms. The zero-order valence-electron chi connectivity index (χ0n) is 13.9. The molecular weight excluding hydrogens is 387 g/mol. The van der Waals surface area contributed by atoms with Gasteiger partial charge in [0.1, 0.15) is 5.82 Å². The minimum Gasteiger partial charge on any atom is -0.356 e. The van der Waals surface area contributed by atoms with Gasteiger partial charge in [0.25, 0.3) is 0 Å². The largest absolute Gasteiger partial charge is 0.419 e. The molecule has 1 aliphatic rings. The predicted molar refractivity (Wildman–Crippen MR) is 89.8 cm³/mol. The van der Waals surface area contributed by atoms with Gasteiger partial charge in [0.05, 0.1) is 5.56 Å². The number of amides is 1. The standard InChI is InChI=1S/C16H21BrF3N3O/c1-15(2,3)14(24)22-11-4-6-23(7-5-11)13-12(16(18,19)20)8-10(17)9-21-13/h8-9,11H,4-7H2,1-3H3,(H,22,24). The molecule has 2 heterocycles. The second kappa shape index (κ2) is 6.90. The van der Waals surface area contributed by atoms with Crippen molar-refractivity contribution < 1.29 is 18.0 Å². The monoisotopic (exact) mass is 407 g/mol. The summed E-state index contributed by atoms with van der Waals surface area (Å²) in [6, 6.07) is 1.04. The van der Waals surface area contributed by atoms with Gasteiger partial charge in [-0.2, -0.15) is 13.2 Å². The molecule has 1 amide bonds. The van der Waals surface area contributed by atoms with Crippen LogP contribution in [0.25, 0.3) is 0 Å². The lowest BCUT2D eigenvalue weighted by Gasteiger charge is -2.35. The summed E-state index contributed by atoms with van der Waals surface area (Å²) in [4.78, 5) is 17.6. The van der Waals surface area contributed by atoms with Crippen molar-refractivity contribution in [3.63, 3.8) is 0 Å². The number of hydrogen-bond acceptors (Lipinski definition) is 3. The molecular formula is C16H21BrF3N3O. The van der Waals surface area contributed by atoms with Gasteiger partial charge in [-0.3, -0.25) is 4.79 Å². The molecule has 0 aromatic carbocycles. The molecule has 8 heteroatoms. The number of alkyl halides is 3. The van der Waals surface area contributed by atoms with E-state index >= 15 is 0 Å². The maximum absolute atomic E-state index is 13.2. The van der Waals surface area contributed by atoms with Crippen LogP contribution in [-0.2, 0) is 11.0 Å². The van der Waals surface area contributed by atoms with Gasteiger partial charge in [0.15, 0.2) is 0 Å². The third-order valence-electron chi connectivity index (χ3n) is 3.95. The number of carbonyl (C=O) groups is 1. The van der Waals surface area contributed by atoms with E-state index < -0.39 is 17.2 Å². The van der Waals surface area contributed by atoms with E-state index in [0.717, 1.165) is 6.07 Å². The summed E-state index contributed by atoms with van der Waals surface area (Å²) < 4.78 is 40.0. The van der Waals surface area contributed by atoms with Crippen LogP contribution in [0.5, 0.6) is 0 Å². The van der Waals surface area contributed by atoms with E-state index in [1.54, 1.807) is 4.90 Å². The first-order valence-corrected chi connectivity index (χ1v) is 8.56. The van der Waals surface area contributed by atoms with E-state index in [9.17, 15) is 18.0 Å². The zero-order chi connectivity index (χ0) is 18.1. The Kier molecular flexibility index (Phi) is 5.47. The molecule has 1 aromatic heterocycles. The fourth-order valence-electron chi connectivity index (χ4n) is 2.53. The third kappa shape index (κ3) is 4.62. The normalized spacial score (nSPS) is 17.0. The van der Waals surface area contributed by atoms with E-state index in [-0.39, 0.29) is 17.8 Å². The van der Waals surface area contributed by atoms with E-state index in [2.05, 4.69) is 26.2 Å². The molecule has 1 fully saturated rings. The molecule has 0 radical (unpaired) electrons. The topological polar surface area (TPSA) is 45.2 Å². The number of piperidine rings is 1. The van der Waals surface area contributed by atoms with Crippen LogP contribution in [0.3, 0.4) is 0 Å². The molecule has 0 spiro atoms. The van der Waals surface area contributed by atoms with Gasteiger partial charge in [0, 0.05) is 35.2 Å². The van der Waals surface area contributed by atoms with Crippen LogP contribution in [-0.4, -0.2) is 30.0 Å². The lowest BCUT2D eigenvalue weighted by Crippen LogP contribution is -2.48. The van der Waals surface area contributed by atoms with Crippen molar-refractivity contribution in [1.82, 2.24) is 10.3 Å². The Morgan fingerprint density at radius 2 is 1.88 bits per heavy atom. The van der Waals surface area contributed by atoms with Crippen molar-refractivity contribution >= 4 is 27.7 Å². The highest BCUT2D eigenvalue weighted by Crippen LogP contribution is 2.37. The first-order valence-electron chi connectivity index (χ1n) is 7.77. The number of rotatable bonds is 2. The maximum atomic E-state index is 13.2. The van der Waals surface area contributed by atoms with Gasteiger partial charge in [-0.15, -0.1) is 0 Å². The first-order chi connectivity index (χ1) is 11.0. The minimum absolute atomic E-state index is 0.0160. The molecule has 1 aromatic rings. The van der Waals surface area contributed by atoms with Gasteiger partial charge in [0.2, 0.25) is 5.91 Å². The Morgan fingerprint density at radius 3 is 2.38 bits per heavy atom. The smallest absolute Gasteiger partial charge is 0.356 e. The van der Waals surface area contributed by atoms with Crippen molar-refractivity contribution in [2.75, 3.05) is 18.0 Å². The maximum Gasteiger partial charge on any atom is 0.419 e. The Bertz CT molecular complexity index is 606. The molecule has 0 saturated carbocycles. The van der Waals surface area contributed by atoms with Crippen LogP contribution in [0.15, 0.2) is 16.7 Å². The van der Waals surface area contributed by atoms with Crippen molar-refractivity contribution in [2.24, 2.45) is 5.41 Å². The lowest BCUT2D eigenvalue weighted by atomic mass is 9.94. The molecule has 1 aliphatic heterocycles. The molecule has 0 atom stereocenters. The molecule has 0 unspecified atom stereocenters. The van der Waals surface area contributed by atoms with Crippen molar-refractivity contribution in [1.29, 1.82) is 0 Å². The number of nitrogens with one attached hydrogen (secondary N) is 1. The van der Waals surface area contributed by atoms with Gasteiger partial charge in [-0.05, 0) is 34.8 Å². The molecule has 4 nitrogen and oxygen atoms in total. The van der Waals surface area contributed by atoms with Crippen LogP contribution >= 0.6 is 15.9 Å². The number of pyridine rings is 1. The van der Waals surface area contributed by atoms with Crippen LogP contribution in [0.2, 0.25) is 0 Å². The fourth-order valence-corrected chi connectivity index (χ4v) is 2.86. The average Bonchev–Trinajstić information content (AvgIpc) is 2.46. The Morgan fingerprint density at radius 1 is 1.29 bits per heavy atom.